The van der Waals surface area contributed by atoms with Crippen LogP contribution in [0.4, 0.5) is 5.69 Å². The van der Waals surface area contributed by atoms with E-state index in [-0.39, 0.29) is 40.5 Å². The molecule has 1 N–H and O–H groups in total. The maximum Gasteiger partial charge on any atom is 0.264 e. The van der Waals surface area contributed by atoms with E-state index in [4.69, 9.17) is 11.6 Å². The van der Waals surface area contributed by atoms with Crippen molar-refractivity contribution in [3.8, 4) is 0 Å². The molecule has 0 radical (unpaired) electrons. The number of amides is 2. The van der Waals surface area contributed by atoms with Gasteiger partial charge < -0.3 is 10.2 Å². The predicted octanol–water partition coefficient (Wildman–Crippen LogP) is 6.54. The second-order valence-corrected chi connectivity index (χ2v) is 13.7. The topological polar surface area (TPSA) is 86.8 Å². The highest BCUT2D eigenvalue weighted by atomic mass is 35.5. The highest BCUT2D eigenvalue weighted by Gasteiger charge is 2.36. The van der Waals surface area contributed by atoms with Gasteiger partial charge in [0, 0.05) is 19.0 Å². The van der Waals surface area contributed by atoms with E-state index in [1.165, 1.54) is 17.0 Å². The summed E-state index contributed by atoms with van der Waals surface area (Å²) in [5.41, 5.74) is 2.97. The molecule has 0 unspecified atom stereocenters. The first-order valence-electron chi connectivity index (χ1n) is 15.2. The largest absolute Gasteiger partial charge is 0.352 e. The van der Waals surface area contributed by atoms with E-state index < -0.39 is 28.5 Å². The highest BCUT2D eigenvalue weighted by molar-refractivity contribution is 7.92. The van der Waals surface area contributed by atoms with Crippen LogP contribution in [0, 0.1) is 6.92 Å². The summed E-state index contributed by atoms with van der Waals surface area (Å²) in [6.07, 6.45) is 4.15. The SMILES string of the molecule is Cc1ccc(CN(C(=O)CN(c2ccccc2Cl)S(=O)(=O)c2ccccc2)[C@@H](Cc2ccccc2)C(=O)NC2CCCC2)cc1. The molecular formula is C36H38ClN3O4S. The lowest BCUT2D eigenvalue weighted by molar-refractivity contribution is -0.140. The lowest BCUT2D eigenvalue weighted by Gasteiger charge is -2.34. The van der Waals surface area contributed by atoms with Gasteiger partial charge in [-0.25, -0.2) is 8.42 Å². The van der Waals surface area contributed by atoms with E-state index >= 15 is 0 Å². The summed E-state index contributed by atoms with van der Waals surface area (Å²) >= 11 is 6.54. The van der Waals surface area contributed by atoms with Crippen LogP contribution in [0.15, 0.2) is 114 Å². The molecule has 0 aromatic heterocycles. The zero-order valence-corrected chi connectivity index (χ0v) is 26.9. The van der Waals surface area contributed by atoms with E-state index in [2.05, 4.69) is 5.32 Å². The van der Waals surface area contributed by atoms with Crippen LogP contribution in [0.25, 0.3) is 0 Å². The van der Waals surface area contributed by atoms with Gasteiger partial charge in [0.2, 0.25) is 11.8 Å². The minimum absolute atomic E-state index is 0.0302. The number of carbonyl (C=O) groups excluding carboxylic acids is 2. The molecule has 1 saturated carbocycles. The fourth-order valence-electron chi connectivity index (χ4n) is 5.70. The Morgan fingerprint density at radius 2 is 1.42 bits per heavy atom. The molecule has 5 rings (SSSR count). The number of carbonyl (C=O) groups is 2. The third-order valence-corrected chi connectivity index (χ3v) is 10.3. The molecule has 7 nitrogen and oxygen atoms in total. The Hall–Kier alpha value is -4.14. The number of nitrogens with zero attached hydrogens (tertiary/aromatic N) is 2. The molecule has 1 fully saturated rings. The lowest BCUT2D eigenvalue weighted by Crippen LogP contribution is -2.54. The standard InChI is InChI=1S/C36H38ClN3O4S/c1-27-20-22-29(23-21-27)25-39(34(24-28-12-4-2-5-13-28)36(42)38-30-14-8-9-15-30)35(41)26-40(33-19-11-10-18-32(33)37)45(43,44)31-16-6-3-7-17-31/h2-7,10-13,16-23,30,34H,8-9,14-15,24-26H2,1H3,(H,38,42)/t34-/m0/s1. The summed E-state index contributed by atoms with van der Waals surface area (Å²) in [5.74, 6) is -0.765. The Bertz CT molecular complexity index is 1690. The zero-order valence-electron chi connectivity index (χ0n) is 25.3. The van der Waals surface area contributed by atoms with Crippen molar-refractivity contribution in [1.82, 2.24) is 10.2 Å². The predicted molar refractivity (Wildman–Crippen MR) is 178 cm³/mol. The molecule has 0 aliphatic heterocycles. The zero-order chi connectivity index (χ0) is 31.8. The molecule has 9 heteroatoms. The Labute approximate surface area is 270 Å². The molecule has 0 bridgehead atoms. The first-order chi connectivity index (χ1) is 21.7. The highest BCUT2D eigenvalue weighted by Crippen LogP contribution is 2.31. The summed E-state index contributed by atoms with van der Waals surface area (Å²) in [6, 6.07) is 31.0. The van der Waals surface area contributed by atoms with E-state index in [1.807, 2.05) is 61.5 Å². The van der Waals surface area contributed by atoms with Gasteiger partial charge >= 0.3 is 0 Å². The van der Waals surface area contributed by atoms with Crippen LogP contribution in [0.2, 0.25) is 5.02 Å². The van der Waals surface area contributed by atoms with Crippen molar-refractivity contribution in [1.29, 1.82) is 0 Å². The number of hydrogen-bond acceptors (Lipinski definition) is 4. The van der Waals surface area contributed by atoms with Crippen LogP contribution in [0.3, 0.4) is 0 Å². The Morgan fingerprint density at radius 1 is 0.822 bits per heavy atom. The third kappa shape index (κ3) is 8.12. The molecule has 0 spiro atoms. The van der Waals surface area contributed by atoms with Crippen molar-refractivity contribution in [2.75, 3.05) is 10.8 Å². The number of nitrogens with one attached hydrogen (secondary N) is 1. The molecule has 1 aliphatic rings. The van der Waals surface area contributed by atoms with Crippen LogP contribution in [-0.4, -0.2) is 43.8 Å². The molecular weight excluding hydrogens is 606 g/mol. The summed E-state index contributed by atoms with van der Waals surface area (Å²) in [4.78, 5) is 30.2. The number of para-hydroxylation sites is 1. The minimum atomic E-state index is -4.21. The fourth-order valence-corrected chi connectivity index (χ4v) is 7.44. The van der Waals surface area contributed by atoms with Crippen molar-refractivity contribution in [3.63, 3.8) is 0 Å². The summed E-state index contributed by atoms with van der Waals surface area (Å²) in [5, 5.41) is 3.38. The first kappa shape index (κ1) is 32.3. The summed E-state index contributed by atoms with van der Waals surface area (Å²) < 4.78 is 29.2. The van der Waals surface area contributed by atoms with Crippen LogP contribution in [0.5, 0.6) is 0 Å². The quantitative estimate of drug-likeness (QED) is 0.190. The third-order valence-electron chi connectivity index (χ3n) is 8.18. The van der Waals surface area contributed by atoms with Crippen LogP contribution >= 0.6 is 11.6 Å². The molecule has 2 amide bonds. The summed E-state index contributed by atoms with van der Waals surface area (Å²) in [7, 11) is -4.21. The molecule has 45 heavy (non-hydrogen) atoms. The molecule has 0 heterocycles. The van der Waals surface area contributed by atoms with Crippen molar-refractivity contribution < 1.29 is 18.0 Å². The fraction of sp³-hybridized carbons (Fsp3) is 0.278. The number of hydrogen-bond donors (Lipinski definition) is 1. The van der Waals surface area contributed by atoms with Gasteiger partial charge in [-0.3, -0.25) is 13.9 Å². The second kappa shape index (κ2) is 14.8. The smallest absolute Gasteiger partial charge is 0.264 e. The van der Waals surface area contributed by atoms with E-state index in [0.717, 1.165) is 46.7 Å². The van der Waals surface area contributed by atoms with Gasteiger partial charge in [0.1, 0.15) is 12.6 Å². The van der Waals surface area contributed by atoms with Crippen molar-refractivity contribution in [2.45, 2.75) is 62.6 Å². The van der Waals surface area contributed by atoms with Crippen molar-refractivity contribution in [2.24, 2.45) is 0 Å². The van der Waals surface area contributed by atoms with Crippen molar-refractivity contribution >= 4 is 39.1 Å². The number of aryl methyl sites for hydroxylation is 1. The Morgan fingerprint density at radius 3 is 2.07 bits per heavy atom. The number of sulfonamides is 1. The normalized spacial score (nSPS) is 14.1. The average molecular weight is 644 g/mol. The molecule has 1 aliphatic carbocycles. The van der Waals surface area contributed by atoms with Crippen molar-refractivity contribution in [3.05, 3.63) is 131 Å². The maximum absolute atomic E-state index is 14.6. The van der Waals surface area contributed by atoms with E-state index in [0.29, 0.717) is 0 Å². The van der Waals surface area contributed by atoms with Gasteiger partial charge in [-0.15, -0.1) is 0 Å². The van der Waals surface area contributed by atoms with E-state index in [9.17, 15) is 18.0 Å². The van der Waals surface area contributed by atoms with Gasteiger partial charge in [-0.1, -0.05) is 115 Å². The lowest BCUT2D eigenvalue weighted by atomic mass is 10.0. The molecule has 4 aromatic rings. The number of anilines is 1. The van der Waals surface area contributed by atoms with E-state index in [1.54, 1.807) is 42.5 Å². The van der Waals surface area contributed by atoms with Crippen LogP contribution in [0.1, 0.15) is 42.4 Å². The monoisotopic (exact) mass is 643 g/mol. The van der Waals surface area contributed by atoms with Gasteiger partial charge in [0.25, 0.3) is 10.0 Å². The molecule has 0 saturated heterocycles. The molecule has 234 valence electrons. The van der Waals surface area contributed by atoms with Crippen LogP contribution in [-0.2, 0) is 32.6 Å². The van der Waals surface area contributed by atoms with Gasteiger partial charge in [0.05, 0.1) is 15.6 Å². The van der Waals surface area contributed by atoms with Gasteiger partial charge in [0.15, 0.2) is 0 Å². The molecule has 4 aromatic carbocycles. The Kier molecular flexibility index (Phi) is 10.6. The maximum atomic E-state index is 14.6. The Balaban J connectivity index is 1.56. The van der Waals surface area contributed by atoms with Gasteiger partial charge in [-0.2, -0.15) is 0 Å². The minimum Gasteiger partial charge on any atom is -0.352 e. The number of halogens is 1. The van der Waals surface area contributed by atoms with Gasteiger partial charge in [-0.05, 0) is 55.2 Å². The number of benzene rings is 4. The first-order valence-corrected chi connectivity index (χ1v) is 17.1. The average Bonchev–Trinajstić information content (AvgIpc) is 3.56. The number of rotatable bonds is 12. The summed E-state index contributed by atoms with van der Waals surface area (Å²) in [6.45, 7) is 1.56. The van der Waals surface area contributed by atoms with Crippen LogP contribution < -0.4 is 9.62 Å². The second-order valence-electron chi connectivity index (χ2n) is 11.5. The molecule has 1 atom stereocenters.